The van der Waals surface area contributed by atoms with Crippen LogP contribution in [0.1, 0.15) is 57.4 Å². The van der Waals surface area contributed by atoms with Crippen molar-refractivity contribution in [3.8, 4) is 5.75 Å². The van der Waals surface area contributed by atoms with Gasteiger partial charge in [-0.25, -0.2) is 4.79 Å². The van der Waals surface area contributed by atoms with Crippen LogP contribution in [0.5, 0.6) is 5.75 Å². The largest absolute Gasteiger partial charge is 0.496 e. The van der Waals surface area contributed by atoms with E-state index in [2.05, 4.69) is 5.32 Å². The van der Waals surface area contributed by atoms with E-state index in [4.69, 9.17) is 9.47 Å². The third kappa shape index (κ3) is 4.65. The van der Waals surface area contributed by atoms with E-state index in [-0.39, 0.29) is 25.4 Å². The fraction of sp³-hybridized carbons (Fsp3) is 0.667. The van der Waals surface area contributed by atoms with Gasteiger partial charge in [0.15, 0.2) is 6.10 Å². The molecule has 35 heavy (non-hydrogen) atoms. The van der Waals surface area contributed by atoms with Gasteiger partial charge >= 0.3 is 5.97 Å². The number of likely N-dealkylation sites (tertiary alicyclic amines) is 1. The molecule has 4 saturated carbocycles. The number of methoxy groups -OCH3 is 1. The molecule has 2 unspecified atom stereocenters. The summed E-state index contributed by atoms with van der Waals surface area (Å²) >= 11 is 0. The van der Waals surface area contributed by atoms with Gasteiger partial charge in [0.2, 0.25) is 5.91 Å². The quantitative estimate of drug-likeness (QED) is 0.576. The van der Waals surface area contributed by atoms with E-state index in [0.29, 0.717) is 23.5 Å². The second-order valence-electron chi connectivity index (χ2n) is 11.2. The molecule has 1 aromatic carbocycles. The van der Waals surface area contributed by atoms with Gasteiger partial charge in [-0.05, 0) is 69.3 Å². The summed E-state index contributed by atoms with van der Waals surface area (Å²) in [6, 6.07) is 6.51. The summed E-state index contributed by atoms with van der Waals surface area (Å²) in [7, 11) is 1.57. The first-order valence-corrected chi connectivity index (χ1v) is 12.9. The predicted octanol–water partition coefficient (Wildman–Crippen LogP) is 2.42. The highest BCUT2D eigenvalue weighted by Crippen LogP contribution is 2.60. The Balaban J connectivity index is 1.21. The van der Waals surface area contributed by atoms with Crippen LogP contribution in [0.3, 0.4) is 0 Å². The van der Waals surface area contributed by atoms with Crippen LogP contribution >= 0.6 is 0 Å². The van der Waals surface area contributed by atoms with Crippen molar-refractivity contribution in [2.45, 2.75) is 76.7 Å². The highest BCUT2D eigenvalue weighted by atomic mass is 16.5. The summed E-state index contributed by atoms with van der Waals surface area (Å²) in [6.45, 7) is 1.91. The van der Waals surface area contributed by atoms with E-state index >= 15 is 0 Å². The highest BCUT2D eigenvalue weighted by molar-refractivity contribution is 5.90. The van der Waals surface area contributed by atoms with Crippen molar-refractivity contribution in [3.05, 3.63) is 29.8 Å². The lowest BCUT2D eigenvalue weighted by molar-refractivity contribution is -0.168. The van der Waals surface area contributed by atoms with Crippen LogP contribution in [0.15, 0.2) is 24.3 Å². The summed E-state index contributed by atoms with van der Waals surface area (Å²) in [5.74, 6) is 1.43. The third-order valence-electron chi connectivity index (χ3n) is 8.61. The van der Waals surface area contributed by atoms with Gasteiger partial charge in [0.25, 0.3) is 5.91 Å². The number of amides is 2. The number of carbonyl (C=O) groups excluding carboxylic acids is 3. The van der Waals surface area contributed by atoms with Crippen LogP contribution in [-0.4, -0.2) is 59.7 Å². The minimum Gasteiger partial charge on any atom is -0.496 e. The maximum atomic E-state index is 13.8. The number of para-hydroxylation sites is 1. The second-order valence-corrected chi connectivity index (χ2v) is 11.2. The van der Waals surface area contributed by atoms with E-state index in [0.717, 1.165) is 24.8 Å². The summed E-state index contributed by atoms with van der Waals surface area (Å²) in [5, 5.41) is 13.1. The molecule has 0 spiro atoms. The number of carbonyl (C=O) groups is 3. The smallest absolute Gasteiger partial charge is 0.329 e. The number of β-amino-alcohol motifs (C(OH)–C–C–N with tert-alkyl or cyclic N) is 1. The second kappa shape index (κ2) is 9.45. The molecule has 190 valence electrons. The standard InChI is InChI=1S/C27H36N2O6/c1-16(24(31)28-14-20-5-3-4-6-23(20)34-2)35-25(32)22-10-21(30)15-29(22)26(33)27-11-17-7-18(12-27)9-19(8-17)13-27/h3-6,16-19,21-22,30H,7-15H2,1-2H3,(H,28,31)/t16?,17?,18?,19?,21?,22-,27?/m0/s1. The van der Waals surface area contributed by atoms with Crippen LogP contribution in [-0.2, 0) is 25.7 Å². The van der Waals surface area contributed by atoms with Crippen molar-refractivity contribution in [3.63, 3.8) is 0 Å². The zero-order chi connectivity index (χ0) is 24.7. The number of nitrogens with zero attached hydrogens (tertiary/aromatic N) is 1. The number of aliphatic hydroxyl groups is 1. The maximum Gasteiger partial charge on any atom is 0.329 e. The van der Waals surface area contributed by atoms with Crippen molar-refractivity contribution in [1.29, 1.82) is 0 Å². The Morgan fingerprint density at radius 2 is 1.71 bits per heavy atom. The Bertz CT molecular complexity index is 958. The van der Waals surface area contributed by atoms with E-state index in [1.807, 2.05) is 24.3 Å². The molecule has 0 aromatic heterocycles. The third-order valence-corrected chi connectivity index (χ3v) is 8.61. The van der Waals surface area contributed by atoms with Crippen LogP contribution in [0.25, 0.3) is 0 Å². The van der Waals surface area contributed by atoms with Crippen molar-refractivity contribution in [1.82, 2.24) is 10.2 Å². The van der Waals surface area contributed by atoms with Gasteiger partial charge in [-0.2, -0.15) is 0 Å². The monoisotopic (exact) mass is 484 g/mol. The minimum atomic E-state index is -1.02. The first kappa shape index (κ1) is 24.1. The van der Waals surface area contributed by atoms with Crippen LogP contribution in [0.2, 0.25) is 0 Å². The molecule has 1 saturated heterocycles. The lowest BCUT2D eigenvalue weighted by Crippen LogP contribution is -2.56. The van der Waals surface area contributed by atoms with Crippen molar-refractivity contribution in [2.24, 2.45) is 23.2 Å². The average Bonchev–Trinajstić information content (AvgIpc) is 3.22. The molecule has 4 bridgehead atoms. The van der Waals surface area contributed by atoms with Gasteiger partial charge in [-0.3, -0.25) is 9.59 Å². The fourth-order valence-corrected chi connectivity index (χ4v) is 7.42. The molecule has 4 aliphatic carbocycles. The summed E-state index contributed by atoms with van der Waals surface area (Å²) in [4.78, 5) is 41.1. The highest BCUT2D eigenvalue weighted by Gasteiger charge is 2.57. The van der Waals surface area contributed by atoms with E-state index in [1.165, 1.54) is 26.2 Å². The van der Waals surface area contributed by atoms with Gasteiger partial charge in [0.05, 0.1) is 18.6 Å². The van der Waals surface area contributed by atoms with Gasteiger partial charge in [0, 0.05) is 25.1 Å². The maximum absolute atomic E-state index is 13.8. The number of benzene rings is 1. The molecule has 2 amide bonds. The number of ether oxygens (including phenoxy) is 2. The zero-order valence-electron chi connectivity index (χ0n) is 20.6. The first-order valence-electron chi connectivity index (χ1n) is 12.9. The molecule has 8 heteroatoms. The average molecular weight is 485 g/mol. The molecule has 1 aromatic rings. The van der Waals surface area contributed by atoms with Crippen LogP contribution in [0, 0.1) is 23.2 Å². The Kier molecular flexibility index (Phi) is 6.51. The van der Waals surface area contributed by atoms with Crippen molar-refractivity contribution < 1.29 is 29.0 Å². The molecule has 8 nitrogen and oxygen atoms in total. The number of nitrogens with one attached hydrogen (secondary N) is 1. The molecule has 1 heterocycles. The van der Waals surface area contributed by atoms with E-state index < -0.39 is 35.5 Å². The lowest BCUT2D eigenvalue weighted by atomic mass is 9.49. The zero-order valence-corrected chi connectivity index (χ0v) is 20.6. The molecular formula is C27H36N2O6. The topological polar surface area (TPSA) is 105 Å². The Hall–Kier alpha value is -2.61. The van der Waals surface area contributed by atoms with Gasteiger partial charge in [-0.1, -0.05) is 18.2 Å². The van der Waals surface area contributed by atoms with Gasteiger partial charge in [0.1, 0.15) is 11.8 Å². The number of aliphatic hydroxyl groups excluding tert-OH is 1. The SMILES string of the molecule is COc1ccccc1CNC(=O)C(C)OC(=O)[C@@H]1CC(O)CN1C(=O)C12CC3CC(CC(C3)C1)C2. The number of hydrogen-bond donors (Lipinski definition) is 2. The number of esters is 1. The van der Waals surface area contributed by atoms with Gasteiger partial charge < -0.3 is 24.8 Å². The molecule has 1 aliphatic heterocycles. The molecule has 2 N–H and O–H groups in total. The van der Waals surface area contributed by atoms with E-state index in [9.17, 15) is 19.5 Å². The van der Waals surface area contributed by atoms with Crippen LogP contribution < -0.4 is 10.1 Å². The predicted molar refractivity (Wildman–Crippen MR) is 127 cm³/mol. The lowest BCUT2D eigenvalue weighted by Gasteiger charge is -2.56. The van der Waals surface area contributed by atoms with Gasteiger partial charge in [-0.15, -0.1) is 0 Å². The molecule has 6 rings (SSSR count). The molecular weight excluding hydrogens is 448 g/mol. The molecule has 5 fully saturated rings. The molecule has 3 atom stereocenters. The summed E-state index contributed by atoms with van der Waals surface area (Å²) in [6.07, 6.45) is 4.72. The number of rotatable bonds is 7. The Morgan fingerprint density at radius 3 is 2.34 bits per heavy atom. The summed E-state index contributed by atoms with van der Waals surface area (Å²) in [5.41, 5.74) is 0.419. The first-order chi connectivity index (χ1) is 16.8. The Morgan fingerprint density at radius 1 is 1.09 bits per heavy atom. The normalized spacial score (nSPS) is 33.9. The minimum absolute atomic E-state index is 0.00313. The fourth-order valence-electron chi connectivity index (χ4n) is 7.42. The molecule has 0 radical (unpaired) electrons. The van der Waals surface area contributed by atoms with Crippen molar-refractivity contribution >= 4 is 17.8 Å². The molecule has 5 aliphatic rings. The summed E-state index contributed by atoms with van der Waals surface area (Å²) < 4.78 is 10.8. The Labute approximate surface area is 206 Å². The number of hydrogen-bond acceptors (Lipinski definition) is 6. The van der Waals surface area contributed by atoms with Crippen LogP contribution in [0.4, 0.5) is 0 Å². The van der Waals surface area contributed by atoms with Crippen molar-refractivity contribution in [2.75, 3.05) is 13.7 Å². The van der Waals surface area contributed by atoms with E-state index in [1.54, 1.807) is 12.0 Å².